The molecule has 1 N–H and O–H groups in total. The van der Waals surface area contributed by atoms with Gasteiger partial charge in [-0.3, -0.25) is 4.79 Å². The molecule has 1 aromatic heterocycles. The molecule has 1 heterocycles. The molecule has 1 amide bonds. The van der Waals surface area contributed by atoms with Gasteiger partial charge in [-0.1, -0.05) is 23.2 Å². The van der Waals surface area contributed by atoms with Crippen molar-refractivity contribution in [3.63, 3.8) is 0 Å². The van der Waals surface area contributed by atoms with Crippen LogP contribution < -0.4 is 0 Å². The summed E-state index contributed by atoms with van der Waals surface area (Å²) in [7, 11) is 1.68. The first-order chi connectivity index (χ1) is 10.5. The second kappa shape index (κ2) is 5.95. The van der Waals surface area contributed by atoms with Crippen molar-refractivity contribution in [1.82, 2.24) is 4.90 Å². The van der Waals surface area contributed by atoms with Crippen LogP contribution in [0.5, 0.6) is 0 Å². The van der Waals surface area contributed by atoms with Crippen LogP contribution in [0.1, 0.15) is 22.7 Å². The van der Waals surface area contributed by atoms with E-state index in [1.807, 2.05) is 0 Å². The molecule has 2 atom stereocenters. The zero-order valence-electron chi connectivity index (χ0n) is 11.9. The van der Waals surface area contributed by atoms with E-state index in [0.717, 1.165) is 16.7 Å². The summed E-state index contributed by atoms with van der Waals surface area (Å²) in [5.41, 5.74) is 2.47. The molecule has 1 aliphatic rings. The normalized spacial score (nSPS) is 20.0. The summed E-state index contributed by atoms with van der Waals surface area (Å²) < 4.78 is 4.97. The summed E-state index contributed by atoms with van der Waals surface area (Å²) in [4.78, 5) is 14.0. The van der Waals surface area contributed by atoms with Crippen molar-refractivity contribution in [3.05, 3.63) is 57.5 Å². The fourth-order valence-electron chi connectivity index (χ4n) is 2.95. The summed E-state index contributed by atoms with van der Waals surface area (Å²) in [5, 5.41) is 11.4. The molecule has 1 aliphatic carbocycles. The first-order valence-electron chi connectivity index (χ1n) is 6.90. The van der Waals surface area contributed by atoms with E-state index in [1.165, 1.54) is 6.26 Å². The fraction of sp³-hybridized carbons (Fsp3) is 0.312. The highest BCUT2D eigenvalue weighted by Crippen LogP contribution is 2.40. The summed E-state index contributed by atoms with van der Waals surface area (Å²) in [6.07, 6.45) is 3.02. The van der Waals surface area contributed by atoms with Crippen molar-refractivity contribution in [2.75, 3.05) is 7.05 Å². The Morgan fingerprint density at radius 3 is 2.91 bits per heavy atom. The second-order valence-electron chi connectivity index (χ2n) is 5.48. The number of hydrogen-bond acceptors (Lipinski definition) is 3. The molecule has 0 saturated carbocycles. The third-order valence-electron chi connectivity index (χ3n) is 4.04. The van der Waals surface area contributed by atoms with Gasteiger partial charge < -0.3 is 14.4 Å². The van der Waals surface area contributed by atoms with Crippen LogP contribution in [0.25, 0.3) is 0 Å². The quantitative estimate of drug-likeness (QED) is 0.933. The largest absolute Gasteiger partial charge is 0.472 e. The molecule has 22 heavy (non-hydrogen) atoms. The highest BCUT2D eigenvalue weighted by atomic mass is 35.5. The maximum atomic E-state index is 12.4. The second-order valence-corrected chi connectivity index (χ2v) is 6.33. The summed E-state index contributed by atoms with van der Waals surface area (Å²) in [6, 6.07) is 4.74. The van der Waals surface area contributed by atoms with E-state index in [-0.39, 0.29) is 12.3 Å². The smallest absolute Gasteiger partial charge is 0.227 e. The molecular formula is C16H15Cl2NO3. The van der Waals surface area contributed by atoms with Gasteiger partial charge in [0.1, 0.15) is 0 Å². The van der Waals surface area contributed by atoms with Gasteiger partial charge in [0, 0.05) is 23.5 Å². The Labute approximate surface area is 138 Å². The van der Waals surface area contributed by atoms with Crippen LogP contribution in [0, 0.1) is 0 Å². The van der Waals surface area contributed by atoms with Crippen molar-refractivity contribution >= 4 is 29.1 Å². The van der Waals surface area contributed by atoms with Gasteiger partial charge in [-0.2, -0.15) is 0 Å². The van der Waals surface area contributed by atoms with Gasteiger partial charge in [0.25, 0.3) is 0 Å². The number of aliphatic hydroxyl groups excluding tert-OH is 1. The Morgan fingerprint density at radius 1 is 1.45 bits per heavy atom. The topological polar surface area (TPSA) is 53.7 Å². The van der Waals surface area contributed by atoms with Crippen molar-refractivity contribution < 1.29 is 14.3 Å². The van der Waals surface area contributed by atoms with E-state index in [0.29, 0.717) is 16.5 Å². The Bertz CT molecular complexity index is 700. The van der Waals surface area contributed by atoms with E-state index in [2.05, 4.69) is 0 Å². The molecule has 0 radical (unpaired) electrons. The molecule has 116 valence electrons. The van der Waals surface area contributed by atoms with Crippen LogP contribution in [0.3, 0.4) is 0 Å². The van der Waals surface area contributed by atoms with Gasteiger partial charge in [-0.25, -0.2) is 0 Å². The average molecular weight is 340 g/mol. The molecule has 6 heteroatoms. The minimum Gasteiger partial charge on any atom is -0.472 e. The van der Waals surface area contributed by atoms with Crippen LogP contribution in [0.2, 0.25) is 10.0 Å². The van der Waals surface area contributed by atoms with E-state index in [1.54, 1.807) is 36.4 Å². The van der Waals surface area contributed by atoms with Crippen LogP contribution in [0.4, 0.5) is 0 Å². The number of carbonyl (C=O) groups excluding carboxylic acids is 1. The zero-order chi connectivity index (χ0) is 15.9. The molecule has 0 bridgehead atoms. The number of likely N-dealkylation sites (N-methyl/N-ethyl adjacent to an activating group) is 1. The zero-order valence-corrected chi connectivity index (χ0v) is 13.4. The third kappa shape index (κ3) is 2.74. The van der Waals surface area contributed by atoms with Gasteiger partial charge in [0.2, 0.25) is 5.91 Å². The molecule has 0 spiro atoms. The SMILES string of the molecule is CN(C(=O)Cc1ccoc1)[C@@H]1c2cc(Cl)cc(Cl)c2C[C@@H]1O. The van der Waals surface area contributed by atoms with E-state index in [9.17, 15) is 9.90 Å². The Kier molecular flexibility index (Phi) is 4.17. The number of aliphatic hydroxyl groups is 1. The Hall–Kier alpha value is -1.49. The van der Waals surface area contributed by atoms with Gasteiger partial charge >= 0.3 is 0 Å². The number of carbonyl (C=O) groups is 1. The van der Waals surface area contributed by atoms with Gasteiger partial charge in [0.15, 0.2) is 0 Å². The lowest BCUT2D eigenvalue weighted by Crippen LogP contribution is -2.36. The predicted octanol–water partition coefficient (Wildman–Crippen LogP) is 3.25. The number of furan rings is 1. The van der Waals surface area contributed by atoms with E-state index >= 15 is 0 Å². The summed E-state index contributed by atoms with van der Waals surface area (Å²) >= 11 is 12.3. The monoisotopic (exact) mass is 339 g/mol. The van der Waals surface area contributed by atoms with Crippen molar-refractivity contribution in [2.45, 2.75) is 25.0 Å². The number of fused-ring (bicyclic) bond motifs is 1. The van der Waals surface area contributed by atoms with Crippen molar-refractivity contribution in [1.29, 1.82) is 0 Å². The average Bonchev–Trinajstić information content (AvgIpc) is 3.05. The Morgan fingerprint density at radius 2 is 2.23 bits per heavy atom. The number of rotatable bonds is 3. The van der Waals surface area contributed by atoms with Crippen molar-refractivity contribution in [2.24, 2.45) is 0 Å². The lowest BCUT2D eigenvalue weighted by atomic mass is 10.1. The van der Waals surface area contributed by atoms with Crippen molar-refractivity contribution in [3.8, 4) is 0 Å². The lowest BCUT2D eigenvalue weighted by Gasteiger charge is -2.28. The molecule has 0 aliphatic heterocycles. The fourth-order valence-corrected chi connectivity index (χ4v) is 3.53. The van der Waals surface area contributed by atoms with E-state index in [4.69, 9.17) is 27.6 Å². The number of benzene rings is 1. The van der Waals surface area contributed by atoms with Crippen LogP contribution in [0.15, 0.2) is 35.1 Å². The molecule has 4 nitrogen and oxygen atoms in total. The number of halogens is 2. The van der Waals surface area contributed by atoms with Crippen LogP contribution in [-0.4, -0.2) is 29.1 Å². The molecule has 3 rings (SSSR count). The number of nitrogens with zero attached hydrogens (tertiary/aromatic N) is 1. The first kappa shape index (κ1) is 15.4. The van der Waals surface area contributed by atoms with Crippen LogP contribution in [-0.2, 0) is 17.6 Å². The van der Waals surface area contributed by atoms with Gasteiger partial charge in [-0.15, -0.1) is 0 Å². The maximum Gasteiger partial charge on any atom is 0.227 e. The minimum absolute atomic E-state index is 0.102. The molecule has 0 unspecified atom stereocenters. The lowest BCUT2D eigenvalue weighted by molar-refractivity contribution is -0.133. The van der Waals surface area contributed by atoms with Crippen LogP contribution >= 0.6 is 23.2 Å². The predicted molar refractivity (Wildman–Crippen MR) is 84.1 cm³/mol. The maximum absolute atomic E-state index is 12.4. The molecular weight excluding hydrogens is 325 g/mol. The molecule has 1 aromatic carbocycles. The third-order valence-corrected chi connectivity index (χ3v) is 4.59. The highest BCUT2D eigenvalue weighted by molar-refractivity contribution is 6.35. The summed E-state index contributed by atoms with van der Waals surface area (Å²) in [6.45, 7) is 0. The minimum atomic E-state index is -0.690. The van der Waals surface area contributed by atoms with E-state index < -0.39 is 12.1 Å². The molecule has 0 saturated heterocycles. The number of amides is 1. The standard InChI is InChI=1S/C16H15Cl2NO3/c1-19(15(21)4-9-2-3-22-8-9)16-12-5-10(17)6-13(18)11(12)7-14(16)20/h2-3,5-6,8,14,16,20H,4,7H2,1H3/t14-,16+/m0/s1. The van der Waals surface area contributed by atoms with Gasteiger partial charge in [-0.05, 0) is 34.9 Å². The first-order valence-corrected chi connectivity index (χ1v) is 7.65. The Balaban J connectivity index is 1.87. The van der Waals surface area contributed by atoms with Gasteiger partial charge in [0.05, 0.1) is 31.1 Å². The molecule has 2 aromatic rings. The molecule has 0 fully saturated rings. The number of hydrogen-bond donors (Lipinski definition) is 1. The summed E-state index contributed by atoms with van der Waals surface area (Å²) in [5.74, 6) is -0.102. The highest BCUT2D eigenvalue weighted by Gasteiger charge is 2.37.